The van der Waals surface area contributed by atoms with E-state index < -0.39 is 5.92 Å². The Bertz CT molecular complexity index is 688. The molecule has 4 rings (SSSR count). The highest BCUT2D eigenvalue weighted by Crippen LogP contribution is 2.26. The van der Waals surface area contributed by atoms with Crippen LogP contribution in [0.25, 0.3) is 0 Å². The summed E-state index contributed by atoms with van der Waals surface area (Å²) < 4.78 is 0. The Labute approximate surface area is 148 Å². The van der Waals surface area contributed by atoms with Crippen molar-refractivity contribution in [3.8, 4) is 0 Å². The van der Waals surface area contributed by atoms with Crippen molar-refractivity contribution in [1.29, 1.82) is 0 Å². The summed E-state index contributed by atoms with van der Waals surface area (Å²) in [7, 11) is 0. The molecule has 0 radical (unpaired) electrons. The maximum Gasteiger partial charge on any atom is 0.262 e. The van der Waals surface area contributed by atoms with Gasteiger partial charge in [0.2, 0.25) is 0 Å². The van der Waals surface area contributed by atoms with Gasteiger partial charge in [0.15, 0.2) is 0 Å². The Hall–Kier alpha value is -2.66. The standard InChI is InChI=1S/C15H12N2O2.C5H11N/c18-14-13(11-7-3-1-4-8-11)15(19)17(16-14)12-9-5-2-6-10-12;1-2-4-6-5-3-1/h1-10,13H,(H,16,18);6H,1-5H2. The number of para-hydroxylation sites is 1. The third kappa shape index (κ3) is 4.25. The van der Waals surface area contributed by atoms with Crippen LogP contribution in [-0.2, 0) is 9.59 Å². The van der Waals surface area contributed by atoms with Crippen molar-refractivity contribution in [1.82, 2.24) is 10.7 Å². The van der Waals surface area contributed by atoms with E-state index in [1.165, 1.54) is 37.4 Å². The molecule has 1 unspecified atom stereocenters. The predicted molar refractivity (Wildman–Crippen MR) is 98.0 cm³/mol. The molecule has 0 aromatic heterocycles. The fourth-order valence-electron chi connectivity index (χ4n) is 2.98. The zero-order chi connectivity index (χ0) is 17.5. The first-order valence-corrected chi connectivity index (χ1v) is 8.72. The van der Waals surface area contributed by atoms with Gasteiger partial charge in [0.1, 0.15) is 5.92 Å². The number of hydrogen-bond donors (Lipinski definition) is 2. The van der Waals surface area contributed by atoms with E-state index in [-0.39, 0.29) is 11.8 Å². The van der Waals surface area contributed by atoms with E-state index in [2.05, 4.69) is 10.7 Å². The first kappa shape index (κ1) is 17.2. The van der Waals surface area contributed by atoms with Gasteiger partial charge in [0.05, 0.1) is 5.69 Å². The fraction of sp³-hybridized carbons (Fsp3) is 0.300. The maximum atomic E-state index is 12.4. The van der Waals surface area contributed by atoms with Gasteiger partial charge in [-0.1, -0.05) is 55.0 Å². The second-order valence-electron chi connectivity index (χ2n) is 6.14. The molecule has 2 fully saturated rings. The lowest BCUT2D eigenvalue weighted by atomic mass is 9.99. The Balaban J connectivity index is 0.000000258. The van der Waals surface area contributed by atoms with E-state index in [4.69, 9.17) is 0 Å². The van der Waals surface area contributed by atoms with Crippen LogP contribution in [0.4, 0.5) is 5.69 Å². The molecule has 0 bridgehead atoms. The lowest BCUT2D eigenvalue weighted by Gasteiger charge is -2.15. The average Bonchev–Trinajstić information content (AvgIpc) is 2.99. The Morgan fingerprint density at radius 2 is 1.40 bits per heavy atom. The van der Waals surface area contributed by atoms with Crippen molar-refractivity contribution in [3.05, 3.63) is 66.2 Å². The minimum absolute atomic E-state index is 0.248. The highest BCUT2D eigenvalue weighted by molar-refractivity contribution is 6.18. The Kier molecular flexibility index (Phi) is 5.80. The number of amides is 2. The molecule has 130 valence electrons. The van der Waals surface area contributed by atoms with Crippen LogP contribution in [0.3, 0.4) is 0 Å². The van der Waals surface area contributed by atoms with Gasteiger partial charge >= 0.3 is 0 Å². The summed E-state index contributed by atoms with van der Waals surface area (Å²) in [6.07, 6.45) is 4.22. The van der Waals surface area contributed by atoms with Crippen LogP contribution < -0.4 is 15.8 Å². The first-order valence-electron chi connectivity index (χ1n) is 8.72. The van der Waals surface area contributed by atoms with Gasteiger partial charge in [-0.3, -0.25) is 15.0 Å². The molecule has 2 N–H and O–H groups in total. The molecule has 0 saturated carbocycles. The van der Waals surface area contributed by atoms with Crippen molar-refractivity contribution in [3.63, 3.8) is 0 Å². The fourth-order valence-corrected chi connectivity index (χ4v) is 2.98. The summed E-state index contributed by atoms with van der Waals surface area (Å²) in [5.41, 5.74) is 3.99. The molecule has 2 aromatic rings. The number of carbonyl (C=O) groups is 2. The van der Waals surface area contributed by atoms with E-state index in [1.54, 1.807) is 24.3 Å². The van der Waals surface area contributed by atoms with Crippen molar-refractivity contribution < 1.29 is 9.59 Å². The van der Waals surface area contributed by atoms with Gasteiger partial charge in [-0.2, -0.15) is 0 Å². The third-order valence-corrected chi connectivity index (χ3v) is 4.31. The van der Waals surface area contributed by atoms with E-state index >= 15 is 0 Å². The average molecular weight is 337 g/mol. The molecule has 5 nitrogen and oxygen atoms in total. The normalized spacial score (nSPS) is 19.8. The van der Waals surface area contributed by atoms with Crippen LogP contribution >= 0.6 is 0 Å². The molecule has 0 spiro atoms. The third-order valence-electron chi connectivity index (χ3n) is 4.31. The van der Waals surface area contributed by atoms with Crippen LogP contribution in [0.5, 0.6) is 0 Å². The number of anilines is 1. The molecule has 2 saturated heterocycles. The zero-order valence-electron chi connectivity index (χ0n) is 14.2. The highest BCUT2D eigenvalue weighted by atomic mass is 16.2. The number of benzene rings is 2. The summed E-state index contributed by atoms with van der Waals surface area (Å²) >= 11 is 0. The van der Waals surface area contributed by atoms with Crippen LogP contribution in [0.15, 0.2) is 60.7 Å². The van der Waals surface area contributed by atoms with Crippen LogP contribution in [0.1, 0.15) is 30.7 Å². The van der Waals surface area contributed by atoms with Gasteiger partial charge in [-0.15, -0.1) is 0 Å². The van der Waals surface area contributed by atoms with Gasteiger partial charge in [0, 0.05) is 0 Å². The number of nitrogens with one attached hydrogen (secondary N) is 2. The summed E-state index contributed by atoms with van der Waals surface area (Å²) in [6.45, 7) is 2.50. The van der Waals surface area contributed by atoms with Gasteiger partial charge in [-0.25, -0.2) is 5.01 Å². The maximum absolute atomic E-state index is 12.4. The molecule has 25 heavy (non-hydrogen) atoms. The van der Waals surface area contributed by atoms with E-state index in [0.717, 1.165) is 0 Å². The number of hydrazine groups is 1. The van der Waals surface area contributed by atoms with Crippen molar-refractivity contribution in [2.24, 2.45) is 0 Å². The molecule has 2 aromatic carbocycles. The van der Waals surface area contributed by atoms with Crippen molar-refractivity contribution >= 4 is 17.5 Å². The lowest BCUT2D eigenvalue weighted by molar-refractivity contribution is -0.124. The summed E-state index contributed by atoms with van der Waals surface area (Å²) in [5.74, 6) is -1.30. The van der Waals surface area contributed by atoms with Crippen LogP contribution in [0, 0.1) is 0 Å². The predicted octanol–water partition coefficient (Wildman–Crippen LogP) is 2.61. The second kappa shape index (κ2) is 8.44. The minimum atomic E-state index is -0.763. The van der Waals surface area contributed by atoms with Crippen LogP contribution in [-0.4, -0.2) is 24.9 Å². The first-order chi connectivity index (χ1) is 12.3. The Morgan fingerprint density at radius 1 is 0.800 bits per heavy atom. The minimum Gasteiger partial charge on any atom is -0.317 e. The number of nitrogens with zero attached hydrogens (tertiary/aromatic N) is 1. The molecule has 5 heteroatoms. The second-order valence-corrected chi connectivity index (χ2v) is 6.14. The number of rotatable bonds is 2. The van der Waals surface area contributed by atoms with E-state index in [9.17, 15) is 9.59 Å². The lowest BCUT2D eigenvalue weighted by Crippen LogP contribution is -2.35. The smallest absolute Gasteiger partial charge is 0.262 e. The largest absolute Gasteiger partial charge is 0.317 e. The van der Waals surface area contributed by atoms with E-state index in [0.29, 0.717) is 11.3 Å². The Morgan fingerprint density at radius 3 is 1.92 bits per heavy atom. The summed E-state index contributed by atoms with van der Waals surface area (Å²) in [5, 5.41) is 4.59. The van der Waals surface area contributed by atoms with Gasteiger partial charge < -0.3 is 5.32 Å². The number of carbonyl (C=O) groups excluding carboxylic acids is 2. The highest BCUT2D eigenvalue weighted by Gasteiger charge is 2.40. The molecule has 2 amide bonds. The van der Waals surface area contributed by atoms with Gasteiger partial charge in [0.25, 0.3) is 11.8 Å². The number of hydrogen-bond acceptors (Lipinski definition) is 3. The monoisotopic (exact) mass is 337 g/mol. The molecule has 2 aliphatic rings. The molecule has 1 atom stereocenters. The van der Waals surface area contributed by atoms with E-state index in [1.807, 2.05) is 36.4 Å². The molecule has 2 aliphatic heterocycles. The zero-order valence-corrected chi connectivity index (χ0v) is 14.2. The molecular weight excluding hydrogens is 314 g/mol. The molecular formula is C20H23N3O2. The quantitative estimate of drug-likeness (QED) is 0.828. The van der Waals surface area contributed by atoms with Crippen LogP contribution in [0.2, 0.25) is 0 Å². The number of piperidine rings is 1. The summed E-state index contributed by atoms with van der Waals surface area (Å²) in [4.78, 5) is 24.4. The van der Waals surface area contributed by atoms with Gasteiger partial charge in [-0.05, 0) is 43.6 Å². The van der Waals surface area contributed by atoms with Crippen molar-refractivity contribution in [2.45, 2.75) is 25.2 Å². The molecule has 2 heterocycles. The topological polar surface area (TPSA) is 61.4 Å². The molecule has 0 aliphatic carbocycles. The SMILES string of the molecule is C1CCNCC1.O=C1NN(c2ccccc2)C(=O)C1c1ccccc1. The summed E-state index contributed by atoms with van der Waals surface area (Å²) in [6, 6.07) is 18.2. The van der Waals surface area contributed by atoms with Crippen molar-refractivity contribution in [2.75, 3.05) is 18.1 Å².